The van der Waals surface area contributed by atoms with E-state index in [1.807, 2.05) is 11.0 Å². The maximum atomic E-state index is 13.4. The molecule has 42 heavy (non-hydrogen) atoms. The molecule has 0 aliphatic carbocycles. The van der Waals surface area contributed by atoms with Crippen molar-refractivity contribution in [1.29, 1.82) is 0 Å². The fraction of sp³-hybridized carbons (Fsp3) is 0.467. The van der Waals surface area contributed by atoms with Gasteiger partial charge in [0.25, 0.3) is 0 Å². The van der Waals surface area contributed by atoms with Gasteiger partial charge in [0.15, 0.2) is 0 Å². The molecule has 2 N–H and O–H groups in total. The molecule has 1 saturated heterocycles. The van der Waals surface area contributed by atoms with E-state index >= 15 is 0 Å². The van der Waals surface area contributed by atoms with Crippen LogP contribution in [0.5, 0.6) is 5.75 Å². The Morgan fingerprint density at radius 2 is 1.67 bits per heavy atom. The lowest BCUT2D eigenvalue weighted by Crippen LogP contribution is -2.51. The molecule has 4 rings (SSSR count). The Morgan fingerprint density at radius 1 is 1.02 bits per heavy atom. The van der Waals surface area contributed by atoms with Crippen molar-refractivity contribution >= 4 is 5.91 Å². The number of carbonyl (C=O) groups is 1. The Hall–Kier alpha value is -3.48. The van der Waals surface area contributed by atoms with Gasteiger partial charge in [0.2, 0.25) is 5.91 Å². The zero-order chi connectivity index (χ0) is 30.3. The van der Waals surface area contributed by atoms with Crippen molar-refractivity contribution in [2.45, 2.75) is 39.1 Å². The highest BCUT2D eigenvalue weighted by Crippen LogP contribution is 2.30. The molecule has 12 heteroatoms. The summed E-state index contributed by atoms with van der Waals surface area (Å²) in [7, 11) is 0. The van der Waals surface area contributed by atoms with E-state index in [9.17, 15) is 27.5 Å². The lowest BCUT2D eigenvalue weighted by Gasteiger charge is -2.35. The SMILES string of the molecule is CC(C)Cc1cc(CNC(=O)CN2CCN(CC(O)COc3ccc(C(F)(F)F)cc3)CC2)nn1-c1ccc(F)cc1. The first kappa shape index (κ1) is 31.5. The van der Waals surface area contributed by atoms with E-state index in [1.165, 1.54) is 24.3 Å². The smallest absolute Gasteiger partial charge is 0.416 e. The number of amides is 1. The molecule has 1 fully saturated rings. The molecule has 0 bridgehead atoms. The number of alkyl halides is 3. The number of aliphatic hydroxyl groups excluding tert-OH is 1. The molecule has 1 aromatic heterocycles. The zero-order valence-electron chi connectivity index (χ0n) is 23.8. The number of aromatic nitrogens is 2. The molecule has 0 radical (unpaired) electrons. The highest BCUT2D eigenvalue weighted by Gasteiger charge is 2.30. The Morgan fingerprint density at radius 3 is 2.29 bits per heavy atom. The minimum Gasteiger partial charge on any atom is -0.491 e. The first-order valence-electron chi connectivity index (χ1n) is 14.0. The number of nitrogens with zero attached hydrogens (tertiary/aromatic N) is 4. The molecule has 0 saturated carbocycles. The highest BCUT2D eigenvalue weighted by atomic mass is 19.4. The average Bonchev–Trinajstić information content (AvgIpc) is 3.34. The molecule has 1 amide bonds. The maximum absolute atomic E-state index is 13.4. The van der Waals surface area contributed by atoms with Crippen LogP contribution in [0.15, 0.2) is 54.6 Å². The molecule has 2 heterocycles. The fourth-order valence-corrected chi connectivity index (χ4v) is 4.79. The van der Waals surface area contributed by atoms with Crippen molar-refractivity contribution in [1.82, 2.24) is 24.9 Å². The van der Waals surface area contributed by atoms with E-state index in [-0.39, 0.29) is 37.2 Å². The third-order valence-corrected chi connectivity index (χ3v) is 6.91. The van der Waals surface area contributed by atoms with Crippen molar-refractivity contribution in [2.75, 3.05) is 45.9 Å². The highest BCUT2D eigenvalue weighted by molar-refractivity contribution is 5.78. The van der Waals surface area contributed by atoms with Gasteiger partial charge in [-0.25, -0.2) is 9.07 Å². The van der Waals surface area contributed by atoms with Crippen LogP contribution in [0, 0.1) is 11.7 Å². The second kappa shape index (κ2) is 14.1. The summed E-state index contributed by atoms with van der Waals surface area (Å²) in [4.78, 5) is 16.8. The number of ether oxygens (including phenoxy) is 1. The molecule has 1 aliphatic rings. The molecular formula is C30H37F4N5O3. The van der Waals surface area contributed by atoms with Crippen LogP contribution in [-0.2, 0) is 23.9 Å². The summed E-state index contributed by atoms with van der Waals surface area (Å²) >= 11 is 0. The number of nitrogens with one attached hydrogen (secondary N) is 1. The van der Waals surface area contributed by atoms with Gasteiger partial charge in [-0.1, -0.05) is 13.8 Å². The van der Waals surface area contributed by atoms with E-state index in [0.29, 0.717) is 38.6 Å². The summed E-state index contributed by atoms with van der Waals surface area (Å²) in [5.41, 5.74) is 1.72. The predicted molar refractivity (Wildman–Crippen MR) is 150 cm³/mol. The lowest BCUT2D eigenvalue weighted by atomic mass is 10.1. The third kappa shape index (κ3) is 9.27. The summed E-state index contributed by atoms with van der Waals surface area (Å²) in [5.74, 6) is 0.229. The first-order valence-corrected chi connectivity index (χ1v) is 14.0. The lowest BCUT2D eigenvalue weighted by molar-refractivity contribution is -0.137. The van der Waals surface area contributed by atoms with Crippen molar-refractivity contribution < 1.29 is 32.2 Å². The standard InChI is InChI=1S/C30H37F4N5O3/c1-21(2)15-26-16-24(36-39(26)25-7-5-23(31)6-8-25)17-35-29(41)19-38-13-11-37(12-14-38)18-27(40)20-42-28-9-3-22(4-10-28)30(32,33)34/h3-10,16,21,27,40H,11-15,17-20H2,1-2H3,(H,35,41). The van der Waals surface area contributed by atoms with E-state index in [4.69, 9.17) is 4.74 Å². The summed E-state index contributed by atoms with van der Waals surface area (Å²) < 4.78 is 58.7. The number of β-amino-alcohol motifs (C(OH)–C–C–N with tert-alkyl or cyclic N) is 1. The van der Waals surface area contributed by atoms with Gasteiger partial charge < -0.3 is 15.2 Å². The predicted octanol–water partition coefficient (Wildman–Crippen LogP) is 3.90. The fourth-order valence-electron chi connectivity index (χ4n) is 4.79. The number of hydrogen-bond acceptors (Lipinski definition) is 6. The van der Waals surface area contributed by atoms with Gasteiger partial charge in [-0.05, 0) is 66.9 Å². The maximum Gasteiger partial charge on any atom is 0.416 e. The molecule has 1 unspecified atom stereocenters. The van der Waals surface area contributed by atoms with E-state index in [1.54, 1.807) is 16.8 Å². The minimum atomic E-state index is -4.41. The van der Waals surface area contributed by atoms with Gasteiger partial charge in [0.05, 0.1) is 30.0 Å². The molecule has 8 nitrogen and oxygen atoms in total. The van der Waals surface area contributed by atoms with E-state index in [2.05, 4.69) is 29.2 Å². The Labute approximate surface area is 242 Å². The summed E-state index contributed by atoms with van der Waals surface area (Å²) in [6.07, 6.45) is -4.43. The average molecular weight is 592 g/mol. The molecule has 2 aromatic carbocycles. The molecule has 228 valence electrons. The summed E-state index contributed by atoms with van der Waals surface area (Å²) in [6.45, 7) is 7.68. The molecule has 3 aromatic rings. The van der Waals surface area contributed by atoms with E-state index in [0.717, 1.165) is 35.6 Å². The normalized spacial score (nSPS) is 15.6. The van der Waals surface area contributed by atoms with Crippen LogP contribution < -0.4 is 10.1 Å². The monoisotopic (exact) mass is 591 g/mol. The Balaban J connectivity index is 1.18. The topological polar surface area (TPSA) is 82.9 Å². The van der Waals surface area contributed by atoms with Gasteiger partial charge in [0, 0.05) is 38.4 Å². The first-order chi connectivity index (χ1) is 20.0. The Bertz CT molecular complexity index is 1290. The van der Waals surface area contributed by atoms with Crippen LogP contribution in [0.1, 0.15) is 30.8 Å². The van der Waals surface area contributed by atoms with Crippen LogP contribution in [0.25, 0.3) is 5.69 Å². The number of halogens is 4. The van der Waals surface area contributed by atoms with Crippen LogP contribution in [0.4, 0.5) is 17.6 Å². The van der Waals surface area contributed by atoms with Gasteiger partial charge in [0.1, 0.15) is 24.3 Å². The minimum absolute atomic E-state index is 0.0379. The number of aliphatic hydroxyl groups is 1. The van der Waals surface area contributed by atoms with Gasteiger partial charge in [-0.3, -0.25) is 14.6 Å². The van der Waals surface area contributed by atoms with Gasteiger partial charge in [-0.2, -0.15) is 18.3 Å². The quantitative estimate of drug-likeness (QED) is 0.311. The van der Waals surface area contributed by atoms with Gasteiger partial charge in [-0.15, -0.1) is 0 Å². The summed E-state index contributed by atoms with van der Waals surface area (Å²) in [5, 5.41) is 17.9. The van der Waals surface area contributed by atoms with Crippen molar-refractivity contribution in [2.24, 2.45) is 5.92 Å². The van der Waals surface area contributed by atoms with Crippen LogP contribution in [0.2, 0.25) is 0 Å². The van der Waals surface area contributed by atoms with E-state index < -0.39 is 17.8 Å². The number of hydrogen-bond donors (Lipinski definition) is 2. The summed E-state index contributed by atoms with van der Waals surface area (Å²) in [6, 6.07) is 12.5. The Kier molecular flexibility index (Phi) is 10.6. The van der Waals surface area contributed by atoms with Crippen molar-refractivity contribution in [3.05, 3.63) is 77.4 Å². The van der Waals surface area contributed by atoms with Crippen molar-refractivity contribution in [3.8, 4) is 11.4 Å². The molecule has 1 aliphatic heterocycles. The van der Waals surface area contributed by atoms with Gasteiger partial charge >= 0.3 is 6.18 Å². The van der Waals surface area contributed by atoms with Crippen LogP contribution in [-0.4, -0.2) is 82.6 Å². The van der Waals surface area contributed by atoms with Crippen LogP contribution >= 0.6 is 0 Å². The molecule has 0 spiro atoms. The number of piperazine rings is 1. The van der Waals surface area contributed by atoms with Crippen LogP contribution in [0.3, 0.4) is 0 Å². The van der Waals surface area contributed by atoms with Crippen molar-refractivity contribution in [3.63, 3.8) is 0 Å². The number of rotatable bonds is 12. The second-order valence-corrected chi connectivity index (χ2v) is 11.0. The zero-order valence-corrected chi connectivity index (χ0v) is 23.8. The number of benzene rings is 2. The molecule has 1 atom stereocenters. The third-order valence-electron chi connectivity index (χ3n) is 6.91. The second-order valence-electron chi connectivity index (χ2n) is 11.0. The molecular weight excluding hydrogens is 554 g/mol. The number of carbonyl (C=O) groups excluding carboxylic acids is 1. The largest absolute Gasteiger partial charge is 0.491 e.